The van der Waals surface area contributed by atoms with E-state index in [4.69, 9.17) is 9.47 Å². The van der Waals surface area contributed by atoms with Gasteiger partial charge in [0, 0.05) is 24.5 Å². The molecule has 0 aliphatic carbocycles. The van der Waals surface area contributed by atoms with Crippen LogP contribution in [0.1, 0.15) is 19.3 Å². The number of aromatic nitrogens is 2. The number of rotatable bonds is 5. The topological polar surface area (TPSA) is 105 Å². The Morgan fingerprint density at radius 1 is 1.15 bits per heavy atom. The Morgan fingerprint density at radius 2 is 1.88 bits per heavy atom. The highest BCUT2D eigenvalue weighted by Crippen LogP contribution is 2.40. The summed E-state index contributed by atoms with van der Waals surface area (Å²) >= 11 is 0. The van der Waals surface area contributed by atoms with Crippen LogP contribution in [-0.2, 0) is 4.57 Å². The van der Waals surface area contributed by atoms with Crippen molar-refractivity contribution in [2.45, 2.75) is 19.3 Å². The minimum atomic E-state index is -3.98. The van der Waals surface area contributed by atoms with Gasteiger partial charge in [0.25, 0.3) is 0 Å². The third-order valence-electron chi connectivity index (χ3n) is 4.76. The predicted molar refractivity (Wildman–Crippen MR) is 99.1 cm³/mol. The van der Waals surface area contributed by atoms with Crippen molar-refractivity contribution in [3.05, 3.63) is 18.5 Å². The van der Waals surface area contributed by atoms with Crippen molar-refractivity contribution in [3.8, 4) is 11.5 Å². The van der Waals surface area contributed by atoms with Crippen LogP contribution in [0, 0.1) is 5.92 Å². The molecule has 1 aromatic heterocycles. The van der Waals surface area contributed by atoms with E-state index in [0.717, 1.165) is 42.5 Å². The van der Waals surface area contributed by atoms with E-state index in [-0.39, 0.29) is 12.1 Å². The molecule has 0 saturated carbocycles. The van der Waals surface area contributed by atoms with Crippen molar-refractivity contribution < 1.29 is 23.8 Å². The van der Waals surface area contributed by atoms with Crippen LogP contribution in [0.15, 0.2) is 18.5 Å². The van der Waals surface area contributed by atoms with E-state index >= 15 is 0 Å². The molecule has 26 heavy (non-hydrogen) atoms. The van der Waals surface area contributed by atoms with Crippen LogP contribution in [0.5, 0.6) is 11.5 Å². The van der Waals surface area contributed by atoms with E-state index in [1.54, 1.807) is 14.2 Å². The number of anilines is 1. The smallest absolute Gasteiger partial charge is 0.325 e. The van der Waals surface area contributed by atoms with Gasteiger partial charge in [-0.3, -0.25) is 4.57 Å². The number of ether oxygens (including phenoxy) is 2. The summed E-state index contributed by atoms with van der Waals surface area (Å²) < 4.78 is 22.0. The Labute approximate surface area is 152 Å². The van der Waals surface area contributed by atoms with Crippen molar-refractivity contribution in [2.24, 2.45) is 5.92 Å². The van der Waals surface area contributed by atoms with Crippen molar-refractivity contribution in [1.82, 2.24) is 9.97 Å². The quantitative estimate of drug-likeness (QED) is 0.761. The minimum Gasteiger partial charge on any atom is -0.493 e. The van der Waals surface area contributed by atoms with Crippen molar-refractivity contribution in [2.75, 3.05) is 38.4 Å². The van der Waals surface area contributed by atoms with E-state index in [1.165, 1.54) is 6.33 Å². The normalized spacial score (nSPS) is 18.6. The van der Waals surface area contributed by atoms with Crippen LogP contribution in [0.4, 0.5) is 5.82 Å². The zero-order chi connectivity index (χ0) is 18.7. The van der Waals surface area contributed by atoms with Gasteiger partial charge in [0.05, 0.1) is 25.9 Å². The van der Waals surface area contributed by atoms with E-state index in [2.05, 4.69) is 14.9 Å². The fourth-order valence-corrected chi connectivity index (χ4v) is 4.56. The highest BCUT2D eigenvalue weighted by Gasteiger charge is 2.25. The molecule has 0 bridgehead atoms. The third-order valence-corrected chi connectivity index (χ3v) is 5.75. The molecule has 1 unspecified atom stereocenters. The lowest BCUT2D eigenvalue weighted by molar-refractivity contribution is 0.355. The Morgan fingerprint density at radius 3 is 2.58 bits per heavy atom. The molecular weight excluding hydrogens is 357 g/mol. The van der Waals surface area contributed by atoms with E-state index in [1.807, 2.05) is 12.1 Å². The summed E-state index contributed by atoms with van der Waals surface area (Å²) in [5.74, 6) is 2.07. The SMILES string of the molecule is COc1cc2ncnc(N3CCCC(CP(=O)(O)O)CC3)c2cc1OC. The summed E-state index contributed by atoms with van der Waals surface area (Å²) in [5, 5.41) is 0.874. The van der Waals surface area contributed by atoms with Crippen LogP contribution < -0.4 is 14.4 Å². The molecule has 142 valence electrons. The average molecular weight is 381 g/mol. The molecule has 1 aliphatic heterocycles. The third kappa shape index (κ3) is 4.26. The fourth-order valence-electron chi connectivity index (χ4n) is 3.52. The van der Waals surface area contributed by atoms with Crippen molar-refractivity contribution in [1.29, 1.82) is 0 Å². The zero-order valence-corrected chi connectivity index (χ0v) is 15.9. The summed E-state index contributed by atoms with van der Waals surface area (Å²) in [6.07, 6.45) is 3.88. The van der Waals surface area contributed by atoms with Crippen LogP contribution in [0.2, 0.25) is 0 Å². The Hall–Kier alpha value is -1.89. The lowest BCUT2D eigenvalue weighted by atomic mass is 10.0. The van der Waals surface area contributed by atoms with Crippen LogP contribution in [-0.4, -0.2) is 53.2 Å². The Balaban J connectivity index is 1.89. The molecule has 0 spiro atoms. The van der Waals surface area contributed by atoms with Crippen molar-refractivity contribution in [3.63, 3.8) is 0 Å². The van der Waals surface area contributed by atoms with Gasteiger partial charge in [-0.2, -0.15) is 0 Å². The second kappa shape index (κ2) is 7.78. The standard InChI is InChI=1S/C17H24N3O5P/c1-24-15-8-13-14(9-16(15)25-2)18-11-19-17(13)20-6-3-4-12(5-7-20)10-26(21,22)23/h8-9,11-12H,3-7,10H2,1-2H3,(H2,21,22,23). The first-order valence-corrected chi connectivity index (χ1v) is 10.4. The molecule has 8 nitrogen and oxygen atoms in total. The molecule has 1 aromatic carbocycles. The summed E-state index contributed by atoms with van der Waals surface area (Å²) in [5.41, 5.74) is 0.767. The van der Waals surface area contributed by atoms with Gasteiger partial charge in [-0.15, -0.1) is 0 Å². The molecule has 2 aromatic rings. The number of hydrogen-bond donors (Lipinski definition) is 2. The van der Waals surface area contributed by atoms with E-state index < -0.39 is 7.60 Å². The number of methoxy groups -OCH3 is 2. The number of nitrogens with zero attached hydrogens (tertiary/aromatic N) is 3. The maximum absolute atomic E-state index is 11.3. The summed E-state index contributed by atoms with van der Waals surface area (Å²) in [7, 11) is -0.805. The zero-order valence-electron chi connectivity index (χ0n) is 15.0. The Bertz CT molecular complexity index is 825. The number of hydrogen-bond acceptors (Lipinski definition) is 6. The summed E-state index contributed by atoms with van der Waals surface area (Å²) in [4.78, 5) is 29.4. The van der Waals surface area contributed by atoms with E-state index in [9.17, 15) is 14.4 Å². The first kappa shape index (κ1) is 18.9. The molecule has 3 rings (SSSR count). The molecule has 9 heteroatoms. The highest BCUT2D eigenvalue weighted by atomic mass is 31.2. The maximum atomic E-state index is 11.3. The van der Waals surface area contributed by atoms with E-state index in [0.29, 0.717) is 18.0 Å². The monoisotopic (exact) mass is 381 g/mol. The molecule has 2 heterocycles. The van der Waals surface area contributed by atoms with Crippen LogP contribution in [0.25, 0.3) is 10.9 Å². The first-order chi connectivity index (χ1) is 12.4. The average Bonchev–Trinajstić information content (AvgIpc) is 2.83. The summed E-state index contributed by atoms with van der Waals surface area (Å²) in [6.45, 7) is 1.49. The summed E-state index contributed by atoms with van der Waals surface area (Å²) in [6, 6.07) is 3.70. The van der Waals surface area contributed by atoms with Gasteiger partial charge < -0.3 is 24.2 Å². The van der Waals surface area contributed by atoms with Gasteiger partial charge in [-0.1, -0.05) is 0 Å². The minimum absolute atomic E-state index is 0.0311. The maximum Gasteiger partial charge on any atom is 0.325 e. The molecular formula is C17H24N3O5P. The van der Waals surface area contributed by atoms with Crippen molar-refractivity contribution >= 4 is 24.3 Å². The molecule has 1 fully saturated rings. The molecule has 1 saturated heterocycles. The Kier molecular flexibility index (Phi) is 5.65. The predicted octanol–water partition coefficient (Wildman–Crippen LogP) is 2.43. The molecule has 0 amide bonds. The van der Waals surface area contributed by atoms with Gasteiger partial charge in [0.1, 0.15) is 12.1 Å². The van der Waals surface area contributed by atoms with Gasteiger partial charge >= 0.3 is 7.60 Å². The van der Waals surface area contributed by atoms with Gasteiger partial charge in [-0.25, -0.2) is 9.97 Å². The highest BCUT2D eigenvalue weighted by molar-refractivity contribution is 7.51. The molecule has 2 N–H and O–H groups in total. The number of benzene rings is 1. The second-order valence-corrected chi connectivity index (χ2v) is 8.25. The lowest BCUT2D eigenvalue weighted by Crippen LogP contribution is -2.25. The molecule has 0 radical (unpaired) electrons. The lowest BCUT2D eigenvalue weighted by Gasteiger charge is -2.23. The van der Waals surface area contributed by atoms with Crippen LogP contribution in [0.3, 0.4) is 0 Å². The molecule has 1 aliphatic rings. The molecule has 1 atom stereocenters. The first-order valence-electron chi connectivity index (χ1n) is 8.57. The fraction of sp³-hybridized carbons (Fsp3) is 0.529. The van der Waals surface area contributed by atoms with Gasteiger partial charge in [-0.05, 0) is 31.2 Å². The van der Waals surface area contributed by atoms with Crippen LogP contribution >= 0.6 is 7.60 Å². The largest absolute Gasteiger partial charge is 0.493 e. The van der Waals surface area contributed by atoms with Gasteiger partial charge in [0.15, 0.2) is 11.5 Å². The number of fused-ring (bicyclic) bond motifs is 1. The van der Waals surface area contributed by atoms with Gasteiger partial charge in [0.2, 0.25) is 0 Å². The second-order valence-electron chi connectivity index (χ2n) is 6.55.